The van der Waals surface area contributed by atoms with Gasteiger partial charge in [0.05, 0.1) is 12.2 Å². The number of aromatic nitrogens is 1. The SMILES string of the molecule is CN=C(NCCCSC)NCc1cc(C(C)C)no1. The van der Waals surface area contributed by atoms with Crippen LogP contribution in [-0.4, -0.2) is 36.7 Å². The van der Waals surface area contributed by atoms with E-state index >= 15 is 0 Å². The van der Waals surface area contributed by atoms with Crippen LogP contribution in [0.15, 0.2) is 15.6 Å². The van der Waals surface area contributed by atoms with Gasteiger partial charge in [0.2, 0.25) is 0 Å². The van der Waals surface area contributed by atoms with E-state index in [1.165, 1.54) is 0 Å². The summed E-state index contributed by atoms with van der Waals surface area (Å²) < 4.78 is 5.27. The second-order valence-corrected chi connectivity index (χ2v) is 5.56. The molecule has 6 heteroatoms. The van der Waals surface area contributed by atoms with Crippen molar-refractivity contribution in [1.29, 1.82) is 0 Å². The second kappa shape index (κ2) is 8.85. The largest absolute Gasteiger partial charge is 0.359 e. The number of nitrogens with one attached hydrogen (secondary N) is 2. The fraction of sp³-hybridized carbons (Fsp3) is 0.692. The monoisotopic (exact) mass is 284 g/mol. The van der Waals surface area contributed by atoms with E-state index in [0.29, 0.717) is 12.5 Å². The van der Waals surface area contributed by atoms with Gasteiger partial charge < -0.3 is 15.2 Å². The summed E-state index contributed by atoms with van der Waals surface area (Å²) >= 11 is 1.85. The molecular weight excluding hydrogens is 260 g/mol. The molecule has 0 spiro atoms. The Labute approximate surface area is 119 Å². The van der Waals surface area contributed by atoms with E-state index in [1.807, 2.05) is 17.8 Å². The Morgan fingerprint density at radius 3 is 2.84 bits per heavy atom. The van der Waals surface area contributed by atoms with E-state index < -0.39 is 0 Å². The molecule has 19 heavy (non-hydrogen) atoms. The maximum Gasteiger partial charge on any atom is 0.191 e. The molecule has 1 aromatic rings. The van der Waals surface area contributed by atoms with Gasteiger partial charge in [-0.15, -0.1) is 0 Å². The molecule has 0 radical (unpaired) electrons. The standard InChI is InChI=1S/C13H24N4OS/c1-10(2)12-8-11(18-17-12)9-16-13(14-3)15-6-5-7-19-4/h8,10H,5-7,9H2,1-4H3,(H2,14,15,16). The highest BCUT2D eigenvalue weighted by molar-refractivity contribution is 7.98. The van der Waals surface area contributed by atoms with Crippen molar-refractivity contribution in [2.45, 2.75) is 32.7 Å². The van der Waals surface area contributed by atoms with Crippen molar-refractivity contribution < 1.29 is 4.52 Å². The quantitative estimate of drug-likeness (QED) is 0.457. The molecule has 0 bridgehead atoms. The molecule has 1 aromatic heterocycles. The summed E-state index contributed by atoms with van der Waals surface area (Å²) in [4.78, 5) is 4.17. The molecule has 0 atom stereocenters. The maximum absolute atomic E-state index is 5.27. The normalized spacial score (nSPS) is 11.9. The summed E-state index contributed by atoms with van der Waals surface area (Å²) in [5.41, 5.74) is 0.986. The fourth-order valence-electron chi connectivity index (χ4n) is 1.50. The zero-order valence-electron chi connectivity index (χ0n) is 12.2. The van der Waals surface area contributed by atoms with Gasteiger partial charge in [-0.05, 0) is 24.3 Å². The van der Waals surface area contributed by atoms with Gasteiger partial charge in [-0.3, -0.25) is 4.99 Å². The number of nitrogens with zero attached hydrogens (tertiary/aromatic N) is 2. The minimum absolute atomic E-state index is 0.390. The lowest BCUT2D eigenvalue weighted by atomic mass is 10.1. The molecule has 0 aliphatic carbocycles. The summed E-state index contributed by atoms with van der Waals surface area (Å²) in [6, 6.07) is 1.98. The third kappa shape index (κ3) is 6.00. The Bertz CT molecular complexity index is 390. The Morgan fingerprint density at radius 1 is 1.47 bits per heavy atom. The number of thioether (sulfide) groups is 1. The van der Waals surface area contributed by atoms with Gasteiger partial charge in [0.1, 0.15) is 0 Å². The van der Waals surface area contributed by atoms with Crippen LogP contribution in [0.2, 0.25) is 0 Å². The van der Waals surface area contributed by atoms with Gasteiger partial charge in [-0.2, -0.15) is 11.8 Å². The number of hydrogen-bond donors (Lipinski definition) is 2. The van der Waals surface area contributed by atoms with Gasteiger partial charge in [0.15, 0.2) is 11.7 Å². The highest BCUT2D eigenvalue weighted by Crippen LogP contribution is 2.13. The van der Waals surface area contributed by atoms with E-state index in [4.69, 9.17) is 4.52 Å². The molecule has 1 heterocycles. The van der Waals surface area contributed by atoms with E-state index in [9.17, 15) is 0 Å². The van der Waals surface area contributed by atoms with Gasteiger partial charge in [0, 0.05) is 19.7 Å². The minimum Gasteiger partial charge on any atom is -0.359 e. The molecule has 2 N–H and O–H groups in total. The smallest absolute Gasteiger partial charge is 0.191 e. The van der Waals surface area contributed by atoms with Crippen LogP contribution >= 0.6 is 11.8 Å². The summed E-state index contributed by atoms with van der Waals surface area (Å²) in [5, 5.41) is 10.5. The summed E-state index contributed by atoms with van der Waals surface area (Å²) in [5.74, 6) is 3.17. The van der Waals surface area contributed by atoms with E-state index in [2.05, 4.69) is 40.9 Å². The average molecular weight is 284 g/mol. The molecule has 0 amide bonds. The lowest BCUT2D eigenvalue weighted by molar-refractivity contribution is 0.372. The van der Waals surface area contributed by atoms with Crippen molar-refractivity contribution in [2.75, 3.05) is 25.6 Å². The third-order valence-corrected chi connectivity index (χ3v) is 3.34. The van der Waals surface area contributed by atoms with Crippen molar-refractivity contribution in [3.8, 4) is 0 Å². The van der Waals surface area contributed by atoms with E-state index in [-0.39, 0.29) is 0 Å². The minimum atomic E-state index is 0.390. The average Bonchev–Trinajstić information content (AvgIpc) is 2.87. The van der Waals surface area contributed by atoms with Crippen LogP contribution in [0.1, 0.15) is 37.6 Å². The van der Waals surface area contributed by atoms with Crippen molar-refractivity contribution in [3.05, 3.63) is 17.5 Å². The van der Waals surface area contributed by atoms with Crippen molar-refractivity contribution in [1.82, 2.24) is 15.8 Å². The van der Waals surface area contributed by atoms with Crippen molar-refractivity contribution in [3.63, 3.8) is 0 Å². The Hall–Kier alpha value is -1.17. The van der Waals surface area contributed by atoms with Crippen LogP contribution in [0.25, 0.3) is 0 Å². The topological polar surface area (TPSA) is 62.5 Å². The second-order valence-electron chi connectivity index (χ2n) is 4.57. The van der Waals surface area contributed by atoms with Gasteiger partial charge in [-0.1, -0.05) is 19.0 Å². The highest BCUT2D eigenvalue weighted by Gasteiger charge is 2.07. The molecule has 0 saturated carbocycles. The predicted molar refractivity (Wildman–Crippen MR) is 81.8 cm³/mol. The van der Waals surface area contributed by atoms with Gasteiger partial charge in [0.25, 0.3) is 0 Å². The molecule has 0 fully saturated rings. The van der Waals surface area contributed by atoms with Gasteiger partial charge in [-0.25, -0.2) is 0 Å². The Balaban J connectivity index is 2.32. The Morgan fingerprint density at radius 2 is 2.26 bits per heavy atom. The first kappa shape index (κ1) is 15.9. The van der Waals surface area contributed by atoms with Crippen molar-refractivity contribution >= 4 is 17.7 Å². The molecular formula is C13H24N4OS. The highest BCUT2D eigenvalue weighted by atomic mass is 32.2. The molecule has 5 nitrogen and oxygen atoms in total. The van der Waals surface area contributed by atoms with Gasteiger partial charge >= 0.3 is 0 Å². The third-order valence-electron chi connectivity index (χ3n) is 2.64. The first-order chi connectivity index (χ1) is 9.17. The number of hydrogen-bond acceptors (Lipinski definition) is 4. The first-order valence-electron chi connectivity index (χ1n) is 6.56. The predicted octanol–water partition coefficient (Wildman–Crippen LogP) is 2.22. The zero-order chi connectivity index (χ0) is 14.1. The summed E-state index contributed by atoms with van der Waals surface area (Å²) in [6.45, 7) is 5.72. The number of guanidine groups is 1. The Kier molecular flexibility index (Phi) is 7.40. The van der Waals surface area contributed by atoms with Crippen LogP contribution in [-0.2, 0) is 6.54 Å². The first-order valence-corrected chi connectivity index (χ1v) is 7.95. The molecule has 1 rings (SSSR count). The molecule has 0 saturated heterocycles. The van der Waals surface area contributed by atoms with E-state index in [0.717, 1.165) is 36.1 Å². The fourth-order valence-corrected chi connectivity index (χ4v) is 1.93. The summed E-state index contributed by atoms with van der Waals surface area (Å²) in [7, 11) is 1.77. The molecule has 0 aromatic carbocycles. The van der Waals surface area contributed by atoms with Crippen molar-refractivity contribution in [2.24, 2.45) is 4.99 Å². The molecule has 108 valence electrons. The van der Waals surface area contributed by atoms with Crippen LogP contribution < -0.4 is 10.6 Å². The molecule has 0 aliphatic rings. The van der Waals surface area contributed by atoms with Crippen LogP contribution in [0.5, 0.6) is 0 Å². The number of rotatable bonds is 7. The lowest BCUT2D eigenvalue weighted by Crippen LogP contribution is -2.37. The lowest BCUT2D eigenvalue weighted by Gasteiger charge is -2.09. The number of aliphatic imine (C=N–C) groups is 1. The van der Waals surface area contributed by atoms with Crippen LogP contribution in [0, 0.1) is 0 Å². The maximum atomic E-state index is 5.27. The van der Waals surface area contributed by atoms with Crippen LogP contribution in [0.3, 0.4) is 0 Å². The van der Waals surface area contributed by atoms with E-state index in [1.54, 1.807) is 7.05 Å². The molecule has 0 unspecified atom stereocenters. The summed E-state index contributed by atoms with van der Waals surface area (Å²) in [6.07, 6.45) is 3.24. The van der Waals surface area contributed by atoms with Crippen LogP contribution in [0.4, 0.5) is 0 Å². The molecule has 0 aliphatic heterocycles. The zero-order valence-corrected chi connectivity index (χ0v) is 13.0.